The fourth-order valence-electron chi connectivity index (χ4n) is 0.597. The molecule has 5 heteroatoms. The van der Waals surface area contributed by atoms with Gasteiger partial charge in [-0.15, -0.1) is 11.3 Å². The summed E-state index contributed by atoms with van der Waals surface area (Å²) >= 11 is 3.66. The third-order valence-corrected chi connectivity index (χ3v) is 3.33. The summed E-state index contributed by atoms with van der Waals surface area (Å²) in [5.41, 5.74) is 0. The Kier molecular flexibility index (Phi) is 2.59. The van der Waals surface area contributed by atoms with Crippen LogP contribution >= 0.6 is 27.3 Å². The van der Waals surface area contributed by atoms with Crippen LogP contribution in [0.4, 0.5) is 13.2 Å². The number of rotatable bonds is 1. The molecule has 0 aliphatic rings. The normalized spacial score (nSPS) is 14.9. The lowest BCUT2D eigenvalue weighted by molar-refractivity contribution is -0.127. The number of hydrogen-bond donors (Lipinski definition) is 0. The summed E-state index contributed by atoms with van der Waals surface area (Å²) in [6.45, 7) is 0. The second-order valence-corrected chi connectivity index (χ2v) is 3.81. The zero-order valence-electron chi connectivity index (χ0n) is 5.23. The summed E-state index contributed by atoms with van der Waals surface area (Å²) in [4.78, 5) is -1.23. The van der Waals surface area contributed by atoms with Crippen molar-refractivity contribution in [2.75, 3.05) is 0 Å². The van der Waals surface area contributed by atoms with Crippen molar-refractivity contribution in [3.8, 4) is 0 Å². The third-order valence-electron chi connectivity index (χ3n) is 1.08. The van der Waals surface area contributed by atoms with Crippen LogP contribution in [0.1, 0.15) is 9.70 Å². The molecule has 1 atom stereocenters. The van der Waals surface area contributed by atoms with Crippen molar-refractivity contribution in [3.63, 3.8) is 0 Å². The van der Waals surface area contributed by atoms with Crippen molar-refractivity contribution < 1.29 is 13.2 Å². The maximum absolute atomic E-state index is 12.0. The Balaban J connectivity index is 2.78. The minimum Gasteiger partial charge on any atom is -0.169 e. The van der Waals surface area contributed by atoms with Gasteiger partial charge in [0.25, 0.3) is 0 Å². The van der Waals surface area contributed by atoms with Gasteiger partial charge >= 0.3 is 6.18 Å². The van der Waals surface area contributed by atoms with Crippen LogP contribution in [-0.4, -0.2) is 6.18 Å². The molecule has 0 amide bonds. The highest BCUT2D eigenvalue weighted by atomic mass is 79.9. The van der Waals surface area contributed by atoms with Gasteiger partial charge in [-0.3, -0.25) is 0 Å². The third kappa shape index (κ3) is 2.20. The van der Waals surface area contributed by atoms with E-state index in [-0.39, 0.29) is 4.88 Å². The molecule has 1 rings (SSSR count). The monoisotopic (exact) mass is 244 g/mol. The molecule has 0 N–H and O–H groups in total. The maximum atomic E-state index is 12.0. The van der Waals surface area contributed by atoms with Crippen LogP contribution in [0.5, 0.6) is 0 Å². The van der Waals surface area contributed by atoms with Crippen LogP contribution in [0.25, 0.3) is 0 Å². The Bertz CT molecular complexity index is 216. The second kappa shape index (κ2) is 3.15. The van der Waals surface area contributed by atoms with E-state index in [1.165, 1.54) is 6.07 Å². The number of thiophene rings is 1. The lowest BCUT2D eigenvalue weighted by Gasteiger charge is -2.11. The molecule has 0 bridgehead atoms. The van der Waals surface area contributed by atoms with Crippen molar-refractivity contribution in [3.05, 3.63) is 22.4 Å². The molecular formula is C6H4BrF3S. The number of hydrogen-bond acceptors (Lipinski definition) is 1. The van der Waals surface area contributed by atoms with Crippen LogP contribution < -0.4 is 0 Å². The van der Waals surface area contributed by atoms with E-state index in [0.29, 0.717) is 0 Å². The zero-order valence-corrected chi connectivity index (χ0v) is 7.63. The molecule has 0 fully saturated rings. The fraction of sp³-hybridized carbons (Fsp3) is 0.333. The molecule has 0 nitrogen and oxygen atoms in total. The van der Waals surface area contributed by atoms with Gasteiger partial charge < -0.3 is 0 Å². The summed E-state index contributed by atoms with van der Waals surface area (Å²) in [5.74, 6) is 0. The van der Waals surface area contributed by atoms with E-state index in [4.69, 9.17) is 0 Å². The molecule has 0 saturated heterocycles. The Morgan fingerprint density at radius 1 is 1.45 bits per heavy atom. The highest BCUT2D eigenvalue weighted by Gasteiger charge is 2.39. The topological polar surface area (TPSA) is 0 Å². The first-order valence-corrected chi connectivity index (χ1v) is 4.55. The molecule has 1 aromatic heterocycles. The smallest absolute Gasteiger partial charge is 0.169 e. The predicted molar refractivity (Wildman–Crippen MR) is 42.0 cm³/mol. The Labute approximate surface area is 74.2 Å². The van der Waals surface area contributed by atoms with Gasteiger partial charge in [0.05, 0.1) is 0 Å². The van der Waals surface area contributed by atoms with E-state index < -0.39 is 11.0 Å². The van der Waals surface area contributed by atoms with Crippen molar-refractivity contribution in [1.29, 1.82) is 0 Å². The van der Waals surface area contributed by atoms with Crippen LogP contribution in [0.15, 0.2) is 17.5 Å². The molecule has 1 aromatic rings. The summed E-state index contributed by atoms with van der Waals surface area (Å²) in [6.07, 6.45) is -4.19. The van der Waals surface area contributed by atoms with Gasteiger partial charge in [0.1, 0.15) is 4.83 Å². The standard InChI is InChI=1S/C6H4BrF3S/c7-5(6(8,9)10)4-2-1-3-11-4/h1-3,5H. The molecule has 11 heavy (non-hydrogen) atoms. The van der Waals surface area contributed by atoms with E-state index in [2.05, 4.69) is 15.9 Å². The number of alkyl halides is 4. The highest BCUT2D eigenvalue weighted by Crippen LogP contribution is 2.41. The molecule has 62 valence electrons. The lowest BCUT2D eigenvalue weighted by atomic mass is 10.3. The fourth-order valence-corrected chi connectivity index (χ4v) is 1.80. The minimum absolute atomic E-state index is 0.289. The van der Waals surface area contributed by atoms with E-state index >= 15 is 0 Å². The highest BCUT2D eigenvalue weighted by molar-refractivity contribution is 9.09. The first-order valence-electron chi connectivity index (χ1n) is 2.76. The van der Waals surface area contributed by atoms with E-state index in [1.807, 2.05) is 0 Å². The molecule has 0 aliphatic heterocycles. The Morgan fingerprint density at radius 3 is 2.45 bits per heavy atom. The van der Waals surface area contributed by atoms with Crippen LogP contribution in [-0.2, 0) is 0 Å². The molecule has 0 aromatic carbocycles. The first kappa shape index (κ1) is 9.06. The molecule has 1 heterocycles. The van der Waals surface area contributed by atoms with Crippen LogP contribution in [0, 0.1) is 0 Å². The van der Waals surface area contributed by atoms with Gasteiger partial charge in [-0.1, -0.05) is 22.0 Å². The quantitative estimate of drug-likeness (QED) is 0.661. The molecular weight excluding hydrogens is 241 g/mol. The molecule has 1 unspecified atom stereocenters. The molecule has 0 aliphatic carbocycles. The van der Waals surface area contributed by atoms with Gasteiger partial charge in [-0.2, -0.15) is 13.2 Å². The Morgan fingerprint density at radius 2 is 2.09 bits per heavy atom. The van der Waals surface area contributed by atoms with E-state index in [1.54, 1.807) is 11.4 Å². The Hall–Kier alpha value is -0.0300. The molecule has 0 radical (unpaired) electrons. The summed E-state index contributed by atoms with van der Waals surface area (Å²) < 4.78 is 35.9. The van der Waals surface area contributed by atoms with Gasteiger partial charge in [-0.05, 0) is 11.4 Å². The van der Waals surface area contributed by atoms with Crippen LogP contribution in [0.3, 0.4) is 0 Å². The minimum atomic E-state index is -4.19. The number of halogens is 4. The lowest BCUT2D eigenvalue weighted by Crippen LogP contribution is -2.13. The molecule has 0 spiro atoms. The summed E-state index contributed by atoms with van der Waals surface area (Å²) in [5, 5.41) is 1.62. The summed E-state index contributed by atoms with van der Waals surface area (Å²) in [7, 11) is 0. The van der Waals surface area contributed by atoms with Gasteiger partial charge in [0, 0.05) is 4.88 Å². The van der Waals surface area contributed by atoms with Crippen molar-refractivity contribution >= 4 is 27.3 Å². The van der Waals surface area contributed by atoms with Gasteiger partial charge in [-0.25, -0.2) is 0 Å². The predicted octanol–water partition coefficient (Wildman–Crippen LogP) is 3.75. The summed E-state index contributed by atoms with van der Waals surface area (Å²) in [6, 6.07) is 3.05. The first-order chi connectivity index (χ1) is 5.02. The van der Waals surface area contributed by atoms with Crippen molar-refractivity contribution in [2.45, 2.75) is 11.0 Å². The zero-order chi connectivity index (χ0) is 8.48. The largest absolute Gasteiger partial charge is 0.405 e. The van der Waals surface area contributed by atoms with E-state index in [9.17, 15) is 13.2 Å². The average molecular weight is 245 g/mol. The SMILES string of the molecule is FC(F)(F)C(Br)c1cccs1. The van der Waals surface area contributed by atoms with Gasteiger partial charge in [0.2, 0.25) is 0 Å². The molecule has 0 saturated carbocycles. The maximum Gasteiger partial charge on any atom is 0.405 e. The van der Waals surface area contributed by atoms with Crippen molar-refractivity contribution in [1.82, 2.24) is 0 Å². The van der Waals surface area contributed by atoms with Crippen molar-refractivity contribution in [2.24, 2.45) is 0 Å². The average Bonchev–Trinajstić information content (AvgIpc) is 2.34. The van der Waals surface area contributed by atoms with E-state index in [0.717, 1.165) is 11.3 Å². The van der Waals surface area contributed by atoms with Gasteiger partial charge in [0.15, 0.2) is 0 Å². The van der Waals surface area contributed by atoms with Crippen LogP contribution in [0.2, 0.25) is 0 Å². The second-order valence-electron chi connectivity index (χ2n) is 1.92.